The van der Waals surface area contributed by atoms with Crippen molar-refractivity contribution >= 4 is 54.5 Å². The lowest BCUT2D eigenvalue weighted by atomic mass is 9.96. The van der Waals surface area contributed by atoms with E-state index in [0.29, 0.717) is 0 Å². The molecule has 0 fully saturated rings. The summed E-state index contributed by atoms with van der Waals surface area (Å²) >= 11 is 0. The molecule has 7 aromatic carbocycles. The van der Waals surface area contributed by atoms with Crippen LogP contribution in [0.25, 0.3) is 99.5 Å². The zero-order valence-electron chi connectivity index (χ0n) is 26.3. The van der Waals surface area contributed by atoms with Gasteiger partial charge in [-0.3, -0.25) is 0 Å². The van der Waals surface area contributed by atoms with Crippen LogP contribution in [0.15, 0.2) is 168 Å². The molecule has 0 bridgehead atoms. The fourth-order valence-electron chi connectivity index (χ4n) is 7.04. The van der Waals surface area contributed by atoms with Crippen LogP contribution in [0.5, 0.6) is 0 Å². The van der Waals surface area contributed by atoms with Crippen LogP contribution < -0.4 is 0 Å². The van der Waals surface area contributed by atoms with Crippen molar-refractivity contribution in [1.29, 1.82) is 0 Å². The van der Waals surface area contributed by atoms with Gasteiger partial charge < -0.3 is 4.42 Å². The maximum atomic E-state index is 6.56. The van der Waals surface area contributed by atoms with Crippen LogP contribution in [0.2, 0.25) is 0 Å². The predicted octanol–water partition coefficient (Wildman–Crippen LogP) is 11.9. The van der Waals surface area contributed by atoms with Crippen molar-refractivity contribution in [3.05, 3.63) is 164 Å². The highest BCUT2D eigenvalue weighted by atomic mass is 16.3. The van der Waals surface area contributed by atoms with Gasteiger partial charge in [0.15, 0.2) is 5.82 Å². The molecule has 0 aliphatic carbocycles. The van der Waals surface area contributed by atoms with Gasteiger partial charge in [0.1, 0.15) is 11.2 Å². The van der Waals surface area contributed by atoms with E-state index in [-0.39, 0.29) is 0 Å². The number of furan rings is 1. The topological polar surface area (TPSA) is 51.8 Å². The van der Waals surface area contributed by atoms with Crippen LogP contribution in [0.4, 0.5) is 0 Å². The Bertz CT molecular complexity index is 2870. The van der Waals surface area contributed by atoms with Gasteiger partial charge in [-0.1, -0.05) is 133 Å². The summed E-state index contributed by atoms with van der Waals surface area (Å²) in [6, 6.07) is 56.7. The number of pyridine rings is 1. The van der Waals surface area contributed by atoms with Gasteiger partial charge in [0.25, 0.3) is 0 Å². The summed E-state index contributed by atoms with van der Waals surface area (Å²) in [6.07, 6.45) is 0. The molecule has 3 aromatic heterocycles. The molecule has 0 aliphatic heterocycles. The Morgan fingerprint density at radius 1 is 0.367 bits per heavy atom. The van der Waals surface area contributed by atoms with Gasteiger partial charge in [-0.2, -0.15) is 0 Å². The Morgan fingerprint density at radius 2 is 1.04 bits per heavy atom. The summed E-state index contributed by atoms with van der Waals surface area (Å²) in [7, 11) is 0. The molecular weight excluding hydrogens is 599 g/mol. The molecule has 0 N–H and O–H groups in total. The predicted molar refractivity (Wildman–Crippen MR) is 201 cm³/mol. The van der Waals surface area contributed by atoms with Gasteiger partial charge in [-0.05, 0) is 52.2 Å². The molecule has 0 saturated heterocycles. The number of hydrogen-bond acceptors (Lipinski definition) is 4. The summed E-state index contributed by atoms with van der Waals surface area (Å²) in [5, 5.41) is 6.48. The maximum absolute atomic E-state index is 6.56. The summed E-state index contributed by atoms with van der Waals surface area (Å²) in [4.78, 5) is 15.3. The third-order valence-corrected chi connectivity index (χ3v) is 9.44. The number of benzene rings is 7. The molecule has 10 aromatic rings. The van der Waals surface area contributed by atoms with Crippen LogP contribution in [-0.4, -0.2) is 15.0 Å². The van der Waals surface area contributed by atoms with Gasteiger partial charge in [0.05, 0.1) is 27.8 Å². The quantitative estimate of drug-likeness (QED) is 0.183. The SMILES string of the molecule is c1ccc(-c2nc(-c3ccc(-c4cccc(-c5nc6cc7ccccc7cc6c6oc7ccccc7c56)c4)cc3)c3ccccc3n2)cc1. The lowest BCUT2D eigenvalue weighted by molar-refractivity contribution is 0.672. The van der Waals surface area contributed by atoms with E-state index in [1.54, 1.807) is 0 Å². The van der Waals surface area contributed by atoms with E-state index in [9.17, 15) is 0 Å². The largest absolute Gasteiger partial charge is 0.455 e. The van der Waals surface area contributed by atoms with E-state index < -0.39 is 0 Å². The average Bonchev–Trinajstić information content (AvgIpc) is 3.57. The van der Waals surface area contributed by atoms with Crippen molar-refractivity contribution in [2.75, 3.05) is 0 Å². The average molecular weight is 626 g/mol. The second-order valence-corrected chi connectivity index (χ2v) is 12.4. The minimum absolute atomic E-state index is 0.722. The maximum Gasteiger partial charge on any atom is 0.160 e. The Labute approximate surface area is 282 Å². The van der Waals surface area contributed by atoms with Crippen molar-refractivity contribution in [2.45, 2.75) is 0 Å². The number of hydrogen-bond donors (Lipinski definition) is 0. The lowest BCUT2D eigenvalue weighted by Crippen LogP contribution is -1.95. The molecule has 49 heavy (non-hydrogen) atoms. The Balaban J connectivity index is 1.10. The molecule has 0 unspecified atom stereocenters. The number of para-hydroxylation sites is 2. The fraction of sp³-hybridized carbons (Fsp3) is 0. The van der Waals surface area contributed by atoms with E-state index in [1.165, 1.54) is 5.39 Å². The minimum Gasteiger partial charge on any atom is -0.455 e. The van der Waals surface area contributed by atoms with E-state index in [4.69, 9.17) is 19.4 Å². The number of aromatic nitrogens is 3. The zero-order valence-corrected chi connectivity index (χ0v) is 26.3. The summed E-state index contributed by atoms with van der Waals surface area (Å²) < 4.78 is 6.56. The Kier molecular flexibility index (Phi) is 6.15. The molecule has 3 heterocycles. The molecule has 0 atom stereocenters. The molecule has 0 radical (unpaired) electrons. The molecule has 10 rings (SSSR count). The summed E-state index contributed by atoms with van der Waals surface area (Å²) in [5.74, 6) is 0.722. The molecule has 0 amide bonds. The molecule has 0 spiro atoms. The van der Waals surface area contributed by atoms with E-state index in [0.717, 1.165) is 94.2 Å². The normalized spacial score (nSPS) is 11.7. The number of fused-ring (bicyclic) bond motifs is 7. The van der Waals surface area contributed by atoms with Gasteiger partial charge in [0.2, 0.25) is 0 Å². The third kappa shape index (κ3) is 4.57. The molecule has 4 nitrogen and oxygen atoms in total. The van der Waals surface area contributed by atoms with Crippen molar-refractivity contribution < 1.29 is 4.42 Å². The zero-order chi connectivity index (χ0) is 32.3. The van der Waals surface area contributed by atoms with Gasteiger partial charge in [-0.15, -0.1) is 0 Å². The van der Waals surface area contributed by atoms with Crippen molar-refractivity contribution in [2.24, 2.45) is 0 Å². The molecule has 4 heteroatoms. The highest BCUT2D eigenvalue weighted by Gasteiger charge is 2.19. The first-order valence-electron chi connectivity index (χ1n) is 16.4. The van der Waals surface area contributed by atoms with Crippen LogP contribution in [0.1, 0.15) is 0 Å². The molecular formula is C45H27N3O. The number of rotatable bonds is 4. The first-order chi connectivity index (χ1) is 24.3. The van der Waals surface area contributed by atoms with Crippen molar-refractivity contribution in [1.82, 2.24) is 15.0 Å². The van der Waals surface area contributed by atoms with Crippen molar-refractivity contribution in [3.63, 3.8) is 0 Å². The highest BCUT2D eigenvalue weighted by Crippen LogP contribution is 2.41. The van der Waals surface area contributed by atoms with Crippen LogP contribution in [-0.2, 0) is 0 Å². The standard InChI is InChI=1S/C45H27N3O/c1-2-11-30(12-3-1)45-47-38-19-8-6-17-35(38)42(48-45)29-23-21-28(22-24-29)31-15-10-16-34(25-31)43-41-36-18-7-9-20-40(36)49-44(41)37-26-32-13-4-5-14-33(32)27-39(37)46-43/h1-27H. The number of nitrogens with zero attached hydrogens (tertiary/aromatic N) is 3. The second-order valence-electron chi connectivity index (χ2n) is 12.4. The minimum atomic E-state index is 0.722. The molecule has 0 aliphatic rings. The Hall–Kier alpha value is -6.65. The second kappa shape index (κ2) is 11.0. The first-order valence-corrected chi connectivity index (χ1v) is 16.4. The van der Waals surface area contributed by atoms with Gasteiger partial charge >= 0.3 is 0 Å². The third-order valence-electron chi connectivity index (χ3n) is 9.44. The monoisotopic (exact) mass is 625 g/mol. The van der Waals surface area contributed by atoms with Crippen molar-refractivity contribution in [3.8, 4) is 45.0 Å². The van der Waals surface area contributed by atoms with Crippen LogP contribution in [0.3, 0.4) is 0 Å². The molecule has 0 saturated carbocycles. The van der Waals surface area contributed by atoms with Crippen LogP contribution in [0, 0.1) is 0 Å². The smallest absolute Gasteiger partial charge is 0.160 e. The van der Waals surface area contributed by atoms with E-state index >= 15 is 0 Å². The lowest BCUT2D eigenvalue weighted by Gasteiger charge is -2.11. The fourth-order valence-corrected chi connectivity index (χ4v) is 7.04. The van der Waals surface area contributed by atoms with Gasteiger partial charge in [-0.25, -0.2) is 15.0 Å². The summed E-state index contributed by atoms with van der Waals surface area (Å²) in [6.45, 7) is 0. The summed E-state index contributed by atoms with van der Waals surface area (Å²) in [5.41, 5.74) is 10.7. The first kappa shape index (κ1) is 27.5. The molecule has 228 valence electrons. The van der Waals surface area contributed by atoms with E-state index in [2.05, 4.69) is 121 Å². The Morgan fingerprint density at radius 3 is 1.90 bits per heavy atom. The van der Waals surface area contributed by atoms with E-state index in [1.807, 2.05) is 42.5 Å². The van der Waals surface area contributed by atoms with Gasteiger partial charge in [0, 0.05) is 32.8 Å². The highest BCUT2D eigenvalue weighted by molar-refractivity contribution is 6.20. The van der Waals surface area contributed by atoms with Crippen LogP contribution >= 0.6 is 0 Å².